The maximum Gasteiger partial charge on any atom is 0.293 e. The minimum atomic E-state index is -0.547. The van der Waals surface area contributed by atoms with Crippen molar-refractivity contribution in [2.75, 3.05) is 18.0 Å². The van der Waals surface area contributed by atoms with Crippen molar-refractivity contribution in [3.8, 4) is 0 Å². The first kappa shape index (κ1) is 19.5. The number of non-ortho nitro benzene ring substituents is 1. The molecular formula is C20H21N3O5. The largest absolute Gasteiger partial charge is 0.365 e. The highest BCUT2D eigenvalue weighted by Gasteiger charge is 2.28. The van der Waals surface area contributed by atoms with Crippen LogP contribution in [0.5, 0.6) is 0 Å². The molecule has 0 bridgehead atoms. The molecular weight excluding hydrogens is 362 g/mol. The van der Waals surface area contributed by atoms with E-state index >= 15 is 0 Å². The Morgan fingerprint density at radius 2 is 1.50 bits per heavy atom. The van der Waals surface area contributed by atoms with Crippen LogP contribution >= 0.6 is 0 Å². The number of hydrogen-bond donors (Lipinski definition) is 0. The van der Waals surface area contributed by atoms with E-state index in [1.54, 1.807) is 12.1 Å². The molecule has 8 nitrogen and oxygen atoms in total. The zero-order valence-corrected chi connectivity index (χ0v) is 15.7. The lowest BCUT2D eigenvalue weighted by Gasteiger charge is -2.36. The van der Waals surface area contributed by atoms with E-state index in [0.29, 0.717) is 17.5 Å². The third kappa shape index (κ3) is 4.00. The predicted molar refractivity (Wildman–Crippen MR) is 105 cm³/mol. The van der Waals surface area contributed by atoms with Gasteiger partial charge in [-0.15, -0.1) is 0 Å². The van der Waals surface area contributed by atoms with Crippen LogP contribution in [0, 0.1) is 32.1 Å². The van der Waals surface area contributed by atoms with E-state index in [2.05, 4.69) is 13.8 Å². The fourth-order valence-corrected chi connectivity index (χ4v) is 3.84. The third-order valence-electron chi connectivity index (χ3n) is 4.98. The summed E-state index contributed by atoms with van der Waals surface area (Å²) in [6, 6.07) is 9.70. The average Bonchev–Trinajstić information content (AvgIpc) is 2.66. The van der Waals surface area contributed by atoms with Gasteiger partial charge in [0.1, 0.15) is 5.69 Å². The van der Waals surface area contributed by atoms with Gasteiger partial charge in [-0.3, -0.25) is 25.0 Å². The van der Waals surface area contributed by atoms with Crippen molar-refractivity contribution in [3.63, 3.8) is 0 Å². The van der Waals surface area contributed by atoms with Gasteiger partial charge in [0.25, 0.3) is 11.4 Å². The number of nitro benzene ring substituents is 2. The van der Waals surface area contributed by atoms with Gasteiger partial charge in [-0.05, 0) is 42.5 Å². The number of ketones is 1. The van der Waals surface area contributed by atoms with Crippen molar-refractivity contribution >= 4 is 22.8 Å². The molecule has 1 saturated heterocycles. The van der Waals surface area contributed by atoms with Gasteiger partial charge in [0.15, 0.2) is 5.78 Å². The number of rotatable bonds is 5. The summed E-state index contributed by atoms with van der Waals surface area (Å²) in [4.78, 5) is 36.1. The molecule has 0 unspecified atom stereocenters. The molecule has 1 fully saturated rings. The van der Waals surface area contributed by atoms with E-state index in [1.165, 1.54) is 30.3 Å². The summed E-state index contributed by atoms with van der Waals surface area (Å²) in [5.41, 5.74) is 0.721. The first-order chi connectivity index (χ1) is 13.3. The molecule has 0 saturated carbocycles. The van der Waals surface area contributed by atoms with E-state index < -0.39 is 15.6 Å². The predicted octanol–water partition coefficient (Wildman–Crippen LogP) is 4.22. The van der Waals surface area contributed by atoms with Crippen molar-refractivity contribution in [2.24, 2.45) is 11.8 Å². The number of nitrogens with zero attached hydrogens (tertiary/aromatic N) is 3. The quantitative estimate of drug-likeness (QED) is 0.435. The van der Waals surface area contributed by atoms with Gasteiger partial charge in [0.2, 0.25) is 0 Å². The van der Waals surface area contributed by atoms with Gasteiger partial charge in [-0.1, -0.05) is 13.8 Å². The summed E-state index contributed by atoms with van der Waals surface area (Å²) in [5.74, 6) is 0.458. The number of carbonyl (C=O) groups is 1. The number of nitro groups is 2. The Balaban J connectivity index is 1.93. The van der Waals surface area contributed by atoms with Gasteiger partial charge in [-0.25, -0.2) is 0 Å². The lowest BCUT2D eigenvalue weighted by Crippen LogP contribution is -2.39. The van der Waals surface area contributed by atoms with Crippen LogP contribution in [0.3, 0.4) is 0 Å². The highest BCUT2D eigenvalue weighted by Crippen LogP contribution is 2.34. The lowest BCUT2D eigenvalue weighted by atomic mass is 9.91. The number of hydrogen-bond acceptors (Lipinski definition) is 6. The maximum absolute atomic E-state index is 12.7. The van der Waals surface area contributed by atoms with Gasteiger partial charge >= 0.3 is 0 Å². The summed E-state index contributed by atoms with van der Waals surface area (Å²) in [6.07, 6.45) is 1.08. The summed E-state index contributed by atoms with van der Waals surface area (Å²) in [6.45, 7) is 5.73. The second-order valence-corrected chi connectivity index (χ2v) is 7.44. The Morgan fingerprint density at radius 3 is 2.04 bits per heavy atom. The molecule has 28 heavy (non-hydrogen) atoms. The third-order valence-corrected chi connectivity index (χ3v) is 4.98. The number of anilines is 1. The molecule has 0 aromatic heterocycles. The van der Waals surface area contributed by atoms with Crippen molar-refractivity contribution < 1.29 is 14.6 Å². The fraction of sp³-hybridized carbons (Fsp3) is 0.350. The van der Waals surface area contributed by atoms with Crippen LogP contribution in [0.4, 0.5) is 17.1 Å². The lowest BCUT2D eigenvalue weighted by molar-refractivity contribution is -0.384. The molecule has 3 rings (SSSR count). The number of benzene rings is 2. The molecule has 1 aliphatic rings. The van der Waals surface area contributed by atoms with E-state index in [9.17, 15) is 25.0 Å². The first-order valence-electron chi connectivity index (χ1n) is 9.08. The van der Waals surface area contributed by atoms with Gasteiger partial charge < -0.3 is 4.90 Å². The highest BCUT2D eigenvalue weighted by atomic mass is 16.6. The van der Waals surface area contributed by atoms with Crippen LogP contribution in [-0.4, -0.2) is 28.7 Å². The Labute approximate surface area is 162 Å². The molecule has 0 radical (unpaired) electrons. The summed E-state index contributed by atoms with van der Waals surface area (Å²) in [5, 5.41) is 22.4. The second-order valence-electron chi connectivity index (χ2n) is 7.44. The first-order valence-corrected chi connectivity index (χ1v) is 9.08. The van der Waals surface area contributed by atoms with E-state index in [4.69, 9.17) is 0 Å². The summed E-state index contributed by atoms with van der Waals surface area (Å²) < 4.78 is 0. The second kappa shape index (κ2) is 7.75. The topological polar surface area (TPSA) is 107 Å². The molecule has 0 aliphatic carbocycles. The van der Waals surface area contributed by atoms with E-state index in [0.717, 1.165) is 19.5 Å². The molecule has 0 spiro atoms. The Bertz CT molecular complexity index is 916. The summed E-state index contributed by atoms with van der Waals surface area (Å²) >= 11 is 0. The molecule has 1 heterocycles. The molecule has 0 amide bonds. The molecule has 2 atom stereocenters. The standard InChI is InChI=1S/C20H21N3O5/c1-13-9-14(2)12-21(11-13)18-8-5-16(10-19(18)23(27)28)20(24)15-3-6-17(7-4-15)22(25)26/h3-8,10,13-14H,9,11-12H2,1-2H3/t13-,14+. The zero-order valence-electron chi connectivity index (χ0n) is 15.7. The van der Waals surface area contributed by atoms with Gasteiger partial charge in [0.05, 0.1) is 9.85 Å². The highest BCUT2D eigenvalue weighted by molar-refractivity contribution is 6.09. The monoisotopic (exact) mass is 383 g/mol. The van der Waals surface area contributed by atoms with Crippen LogP contribution in [0.2, 0.25) is 0 Å². The van der Waals surface area contributed by atoms with Crippen molar-refractivity contribution in [3.05, 3.63) is 73.8 Å². The molecule has 0 N–H and O–H groups in total. The van der Waals surface area contributed by atoms with E-state index in [-0.39, 0.29) is 22.5 Å². The summed E-state index contributed by atoms with van der Waals surface area (Å²) in [7, 11) is 0. The Kier molecular flexibility index (Phi) is 5.39. The van der Waals surface area contributed by atoms with Crippen molar-refractivity contribution in [1.29, 1.82) is 0 Å². The van der Waals surface area contributed by atoms with E-state index in [1.807, 2.05) is 4.90 Å². The van der Waals surface area contributed by atoms with Gasteiger partial charge in [0, 0.05) is 42.4 Å². The van der Waals surface area contributed by atoms with Crippen LogP contribution in [0.25, 0.3) is 0 Å². The van der Waals surface area contributed by atoms with Crippen molar-refractivity contribution in [2.45, 2.75) is 20.3 Å². The Morgan fingerprint density at radius 1 is 0.929 bits per heavy atom. The average molecular weight is 383 g/mol. The minimum Gasteiger partial charge on any atom is -0.365 e. The van der Waals surface area contributed by atoms with Gasteiger partial charge in [-0.2, -0.15) is 0 Å². The smallest absolute Gasteiger partial charge is 0.293 e. The van der Waals surface area contributed by atoms with Crippen LogP contribution < -0.4 is 4.90 Å². The fourth-order valence-electron chi connectivity index (χ4n) is 3.84. The molecule has 146 valence electrons. The zero-order chi connectivity index (χ0) is 20.4. The van der Waals surface area contributed by atoms with Crippen LogP contribution in [0.1, 0.15) is 36.2 Å². The Hall–Kier alpha value is -3.29. The maximum atomic E-state index is 12.7. The van der Waals surface area contributed by atoms with Crippen LogP contribution in [-0.2, 0) is 0 Å². The molecule has 8 heteroatoms. The number of piperidine rings is 1. The van der Waals surface area contributed by atoms with Crippen molar-refractivity contribution in [1.82, 2.24) is 0 Å². The molecule has 2 aromatic rings. The molecule has 1 aliphatic heterocycles. The number of carbonyl (C=O) groups excluding carboxylic acids is 1. The SMILES string of the molecule is C[C@@H]1C[C@H](C)CN(c2ccc(C(=O)c3ccc([N+](=O)[O-])cc3)cc2[N+](=O)[O-])C1. The van der Waals surface area contributed by atoms with Crippen LogP contribution in [0.15, 0.2) is 42.5 Å². The normalized spacial score (nSPS) is 19.3. The minimum absolute atomic E-state index is 0.103. The molecule has 2 aromatic carbocycles.